The highest BCUT2D eigenvalue weighted by Crippen LogP contribution is 2.22. The fourth-order valence-electron chi connectivity index (χ4n) is 7.10. The number of halogens is 1. The Balaban J connectivity index is 0.000000974. The van der Waals surface area contributed by atoms with E-state index in [0.29, 0.717) is 67.1 Å². The van der Waals surface area contributed by atoms with E-state index in [-0.39, 0.29) is 28.8 Å². The average Bonchev–Trinajstić information content (AvgIpc) is 3.21. The van der Waals surface area contributed by atoms with E-state index in [1.807, 2.05) is 44.7 Å². The number of aromatic nitrogens is 2. The quantitative estimate of drug-likeness (QED) is 0.310. The van der Waals surface area contributed by atoms with Gasteiger partial charge < -0.3 is 26.2 Å². The van der Waals surface area contributed by atoms with Gasteiger partial charge in [-0.3, -0.25) is 33.8 Å². The first-order valence-electron chi connectivity index (χ1n) is 20.0. The molecule has 5 N–H and O–H groups in total. The normalized spacial score (nSPS) is 17.0. The van der Waals surface area contributed by atoms with Gasteiger partial charge in [0.1, 0.15) is 5.82 Å². The summed E-state index contributed by atoms with van der Waals surface area (Å²) in [5.41, 5.74) is 11.3. The summed E-state index contributed by atoms with van der Waals surface area (Å²) in [6.45, 7) is 18.9. The van der Waals surface area contributed by atoms with Crippen molar-refractivity contribution < 1.29 is 23.6 Å². The standard InChI is InChI=1S/C35H45FN8O4.C2H5NO.2C2H6/c1-24(37)34(47)43-14-12-41(13-15-43)22-25-8-10-40(11-9-25)23-32(45)42-16-18-44(19-17-42)35(48)29-20-26(6-7-30(29)36)21-31-27-4-2-3-5-28(27)33(46)39-38-31;1-2(3)4;2*1-2/h2-7,20,24-25H,8-19,21-23,37H2,1H3,(H,39,46);1H3,(H2,3,4);2*1-2H3. The first kappa shape index (κ1) is 45.7. The zero-order valence-electron chi connectivity index (χ0n) is 34.1. The maximum absolute atomic E-state index is 14.9. The molecule has 6 rings (SSSR count). The van der Waals surface area contributed by atoms with Crippen molar-refractivity contribution in [3.05, 3.63) is 75.5 Å². The van der Waals surface area contributed by atoms with Crippen molar-refractivity contribution in [2.24, 2.45) is 17.4 Å². The molecule has 15 heteroatoms. The maximum atomic E-state index is 14.9. The lowest BCUT2D eigenvalue weighted by Gasteiger charge is -2.40. The predicted octanol–water partition coefficient (Wildman–Crippen LogP) is 2.68. The van der Waals surface area contributed by atoms with Crippen LogP contribution in [0.5, 0.6) is 0 Å². The molecular formula is C41H62FN9O5. The Morgan fingerprint density at radius 2 is 1.38 bits per heavy atom. The van der Waals surface area contributed by atoms with Gasteiger partial charge in [-0.25, -0.2) is 9.49 Å². The van der Waals surface area contributed by atoms with Gasteiger partial charge in [-0.15, -0.1) is 0 Å². The molecular weight excluding hydrogens is 718 g/mol. The second kappa shape index (κ2) is 22.7. The number of carbonyl (C=O) groups excluding carboxylic acids is 4. The molecule has 1 atom stereocenters. The predicted molar refractivity (Wildman–Crippen MR) is 217 cm³/mol. The molecule has 0 bridgehead atoms. The van der Waals surface area contributed by atoms with Gasteiger partial charge in [-0.05, 0) is 62.5 Å². The third-order valence-corrected chi connectivity index (χ3v) is 9.98. The van der Waals surface area contributed by atoms with Crippen molar-refractivity contribution in [3.8, 4) is 0 Å². The molecule has 0 aliphatic carbocycles. The van der Waals surface area contributed by atoms with Gasteiger partial charge in [0, 0.05) is 77.6 Å². The van der Waals surface area contributed by atoms with Crippen LogP contribution >= 0.6 is 0 Å². The highest BCUT2D eigenvalue weighted by atomic mass is 19.1. The molecule has 3 aliphatic rings. The molecule has 3 saturated heterocycles. The molecule has 3 fully saturated rings. The van der Waals surface area contributed by atoms with Crippen LogP contribution in [0.4, 0.5) is 4.39 Å². The van der Waals surface area contributed by atoms with Crippen molar-refractivity contribution in [3.63, 3.8) is 0 Å². The van der Waals surface area contributed by atoms with Crippen LogP contribution in [0.15, 0.2) is 47.3 Å². The van der Waals surface area contributed by atoms with Crippen LogP contribution in [0, 0.1) is 11.7 Å². The van der Waals surface area contributed by atoms with Crippen LogP contribution < -0.4 is 17.0 Å². The summed E-state index contributed by atoms with van der Waals surface area (Å²) in [4.78, 5) is 70.1. The first-order valence-corrected chi connectivity index (χ1v) is 20.0. The number of rotatable bonds is 8. The molecule has 14 nitrogen and oxygen atoms in total. The Labute approximate surface area is 330 Å². The smallest absolute Gasteiger partial charge is 0.272 e. The number of benzene rings is 2. The number of nitrogens with zero attached hydrogens (tertiary/aromatic N) is 6. The molecule has 3 aromatic rings. The number of hydrogen-bond acceptors (Lipinski definition) is 9. The molecule has 2 aromatic carbocycles. The Kier molecular flexibility index (Phi) is 18.5. The molecule has 3 aliphatic heterocycles. The number of primary amides is 1. The largest absolute Gasteiger partial charge is 0.370 e. The van der Waals surface area contributed by atoms with Gasteiger partial charge >= 0.3 is 0 Å². The van der Waals surface area contributed by atoms with Gasteiger partial charge in [-0.2, -0.15) is 5.10 Å². The Morgan fingerprint density at radius 3 is 1.96 bits per heavy atom. The van der Waals surface area contributed by atoms with E-state index in [1.54, 1.807) is 41.0 Å². The Bertz CT molecular complexity index is 1790. The minimum absolute atomic E-state index is 0.00981. The zero-order valence-corrected chi connectivity index (χ0v) is 34.1. The van der Waals surface area contributed by atoms with Gasteiger partial charge in [-0.1, -0.05) is 52.0 Å². The molecule has 4 heterocycles. The second-order valence-electron chi connectivity index (χ2n) is 14.0. The first-order chi connectivity index (χ1) is 26.9. The fourth-order valence-corrected chi connectivity index (χ4v) is 7.10. The molecule has 0 spiro atoms. The van der Waals surface area contributed by atoms with E-state index in [4.69, 9.17) is 5.73 Å². The molecule has 4 amide bonds. The number of hydrogen-bond donors (Lipinski definition) is 3. The van der Waals surface area contributed by atoms with Crippen molar-refractivity contribution in [2.45, 2.75) is 66.8 Å². The van der Waals surface area contributed by atoms with E-state index in [1.165, 1.54) is 13.0 Å². The lowest BCUT2D eigenvalue weighted by Crippen LogP contribution is -2.54. The summed E-state index contributed by atoms with van der Waals surface area (Å²) in [7, 11) is 0. The summed E-state index contributed by atoms with van der Waals surface area (Å²) in [5, 5.41) is 7.97. The lowest BCUT2D eigenvalue weighted by atomic mass is 9.96. The van der Waals surface area contributed by atoms with Crippen LogP contribution in [0.2, 0.25) is 0 Å². The Hall–Kier alpha value is -4.73. The van der Waals surface area contributed by atoms with Crippen LogP contribution in [0.25, 0.3) is 10.8 Å². The van der Waals surface area contributed by atoms with Crippen LogP contribution in [0.1, 0.15) is 76.0 Å². The monoisotopic (exact) mass is 779 g/mol. The van der Waals surface area contributed by atoms with E-state index in [9.17, 15) is 28.4 Å². The highest BCUT2D eigenvalue weighted by molar-refractivity contribution is 5.95. The molecule has 0 radical (unpaired) electrons. The van der Waals surface area contributed by atoms with E-state index >= 15 is 0 Å². The van der Waals surface area contributed by atoms with Crippen LogP contribution in [0.3, 0.4) is 0 Å². The number of nitrogens with one attached hydrogen (secondary N) is 1. The van der Waals surface area contributed by atoms with Crippen molar-refractivity contribution >= 4 is 34.4 Å². The number of amides is 4. The number of carbonyl (C=O) groups is 4. The maximum Gasteiger partial charge on any atom is 0.272 e. The third-order valence-electron chi connectivity index (χ3n) is 9.98. The summed E-state index contributed by atoms with van der Waals surface area (Å²) in [6, 6.07) is 11.2. The number of piperidine rings is 1. The summed E-state index contributed by atoms with van der Waals surface area (Å²) >= 11 is 0. The topological polar surface area (TPSA) is 182 Å². The van der Waals surface area contributed by atoms with Crippen molar-refractivity contribution in [1.29, 1.82) is 0 Å². The van der Waals surface area contributed by atoms with Gasteiger partial charge in [0.25, 0.3) is 11.5 Å². The average molecular weight is 780 g/mol. The third kappa shape index (κ3) is 12.9. The van der Waals surface area contributed by atoms with E-state index in [2.05, 4.69) is 25.7 Å². The lowest BCUT2D eigenvalue weighted by molar-refractivity contribution is -0.135. The summed E-state index contributed by atoms with van der Waals surface area (Å²) in [6.07, 6.45) is 2.40. The van der Waals surface area contributed by atoms with Gasteiger partial charge in [0.15, 0.2) is 0 Å². The highest BCUT2D eigenvalue weighted by Gasteiger charge is 2.30. The van der Waals surface area contributed by atoms with Crippen molar-refractivity contribution in [2.75, 3.05) is 78.5 Å². The molecule has 1 aromatic heterocycles. The number of piperazine rings is 2. The minimum Gasteiger partial charge on any atom is -0.370 e. The zero-order chi connectivity index (χ0) is 41.4. The Morgan fingerprint density at radius 1 is 0.821 bits per heavy atom. The van der Waals surface area contributed by atoms with E-state index < -0.39 is 17.8 Å². The van der Waals surface area contributed by atoms with Gasteiger partial charge in [0.05, 0.1) is 29.2 Å². The number of nitrogens with two attached hydrogens (primary N) is 2. The molecule has 308 valence electrons. The summed E-state index contributed by atoms with van der Waals surface area (Å²) < 4.78 is 14.9. The number of fused-ring (bicyclic) bond motifs is 1. The number of H-pyrrole nitrogens is 1. The SMILES string of the molecule is CC.CC.CC(N)=O.CC(N)C(=O)N1CCN(CC2CCN(CC(=O)N3CCN(C(=O)c4cc(Cc5n[nH]c(=O)c6ccccc56)ccc4F)CC3)CC2)CC1. The molecule has 1 unspecified atom stereocenters. The van der Waals surface area contributed by atoms with Crippen LogP contribution in [-0.4, -0.2) is 143 Å². The molecule has 0 saturated carbocycles. The second-order valence-corrected chi connectivity index (χ2v) is 14.0. The van der Waals surface area contributed by atoms with E-state index in [0.717, 1.165) is 58.7 Å². The molecule has 56 heavy (non-hydrogen) atoms. The van der Waals surface area contributed by atoms with Crippen LogP contribution in [-0.2, 0) is 20.8 Å². The number of likely N-dealkylation sites (tertiary alicyclic amines) is 1. The summed E-state index contributed by atoms with van der Waals surface area (Å²) in [5.74, 6) is -0.669. The minimum atomic E-state index is -0.594. The van der Waals surface area contributed by atoms with Crippen molar-refractivity contribution in [1.82, 2.24) is 34.7 Å². The van der Waals surface area contributed by atoms with Gasteiger partial charge in [0.2, 0.25) is 17.7 Å². The number of aromatic amines is 1. The fraction of sp³-hybridized carbons (Fsp3) is 0.561.